The predicted molar refractivity (Wildman–Crippen MR) is 70.1 cm³/mol. The highest BCUT2D eigenvalue weighted by molar-refractivity contribution is 5.41. The zero-order chi connectivity index (χ0) is 13.2. The lowest BCUT2D eigenvalue weighted by molar-refractivity contribution is 0.0714. The van der Waals surface area contributed by atoms with Gasteiger partial charge >= 0.3 is 0 Å². The number of aryl methyl sites for hydroxylation is 1. The minimum Gasteiger partial charge on any atom is -0.390 e. The third-order valence-electron chi connectivity index (χ3n) is 3.50. The van der Waals surface area contributed by atoms with Gasteiger partial charge in [-0.1, -0.05) is 24.3 Å². The molecule has 0 saturated heterocycles. The Morgan fingerprint density at radius 2 is 1.94 bits per heavy atom. The molecule has 1 aromatic rings. The number of hydrogen-bond donors (Lipinski definition) is 1. The van der Waals surface area contributed by atoms with Crippen LogP contribution in [0.25, 0.3) is 0 Å². The molecule has 2 rings (SSSR count). The molecule has 1 aromatic carbocycles. The Kier molecular flexibility index (Phi) is 3.38. The van der Waals surface area contributed by atoms with Crippen molar-refractivity contribution >= 4 is 6.08 Å². The fourth-order valence-corrected chi connectivity index (χ4v) is 2.10. The smallest absolute Gasteiger partial charge is 0.235 e. The number of aliphatic hydroxyl groups is 1. The van der Waals surface area contributed by atoms with E-state index in [2.05, 4.69) is 17.1 Å². The van der Waals surface area contributed by atoms with Gasteiger partial charge in [-0.15, -0.1) is 0 Å². The van der Waals surface area contributed by atoms with Crippen LogP contribution in [-0.4, -0.2) is 16.8 Å². The van der Waals surface area contributed by atoms with Gasteiger partial charge in [-0.25, -0.2) is 4.79 Å². The molecule has 0 unspecified atom stereocenters. The van der Waals surface area contributed by atoms with Crippen molar-refractivity contribution in [3.8, 4) is 0 Å². The normalized spacial score (nSPS) is 17.1. The number of aliphatic imine (C=N–C) groups is 1. The molecule has 1 aliphatic rings. The van der Waals surface area contributed by atoms with E-state index in [1.807, 2.05) is 26.0 Å². The second-order valence-corrected chi connectivity index (χ2v) is 5.74. The van der Waals surface area contributed by atoms with Crippen LogP contribution in [0.3, 0.4) is 0 Å². The molecule has 0 aliphatic heterocycles. The maximum Gasteiger partial charge on any atom is 0.235 e. The fourth-order valence-electron chi connectivity index (χ4n) is 2.10. The van der Waals surface area contributed by atoms with E-state index in [-0.39, 0.29) is 5.54 Å². The molecule has 1 saturated carbocycles. The van der Waals surface area contributed by atoms with E-state index in [9.17, 15) is 9.90 Å². The van der Waals surface area contributed by atoms with Crippen LogP contribution in [-0.2, 0) is 16.8 Å². The summed E-state index contributed by atoms with van der Waals surface area (Å²) in [4.78, 5) is 14.3. The van der Waals surface area contributed by atoms with Crippen molar-refractivity contribution in [3.05, 3.63) is 35.4 Å². The van der Waals surface area contributed by atoms with E-state index in [0.717, 1.165) is 31.2 Å². The highest BCUT2D eigenvalue weighted by Crippen LogP contribution is 2.49. The van der Waals surface area contributed by atoms with Crippen LogP contribution < -0.4 is 0 Å². The maximum atomic E-state index is 10.4. The highest BCUT2D eigenvalue weighted by atomic mass is 16.3. The number of rotatable bonds is 5. The minimum absolute atomic E-state index is 0.281. The Balaban J connectivity index is 2.04. The molecule has 0 amide bonds. The monoisotopic (exact) mass is 245 g/mol. The molecule has 18 heavy (non-hydrogen) atoms. The second kappa shape index (κ2) is 4.68. The first-order chi connectivity index (χ1) is 8.45. The van der Waals surface area contributed by atoms with E-state index >= 15 is 0 Å². The molecule has 0 radical (unpaired) electrons. The summed E-state index contributed by atoms with van der Waals surface area (Å²) in [6, 6.07) is 8.18. The van der Waals surface area contributed by atoms with Crippen molar-refractivity contribution < 1.29 is 9.90 Å². The first-order valence-electron chi connectivity index (χ1n) is 6.36. The van der Waals surface area contributed by atoms with Gasteiger partial charge in [0.1, 0.15) is 0 Å². The van der Waals surface area contributed by atoms with Gasteiger partial charge in [0.05, 0.1) is 11.1 Å². The van der Waals surface area contributed by atoms with Crippen LogP contribution in [0.2, 0.25) is 0 Å². The first kappa shape index (κ1) is 13.0. The lowest BCUT2D eigenvalue weighted by atomic mass is 9.97. The minimum atomic E-state index is -0.627. The summed E-state index contributed by atoms with van der Waals surface area (Å²) in [5.41, 5.74) is 1.39. The predicted octanol–water partition coefficient (Wildman–Crippen LogP) is 2.72. The van der Waals surface area contributed by atoms with Crippen LogP contribution in [0.4, 0.5) is 0 Å². The third kappa shape index (κ3) is 3.06. The zero-order valence-electron chi connectivity index (χ0n) is 10.9. The van der Waals surface area contributed by atoms with Crippen LogP contribution in [0.5, 0.6) is 0 Å². The fraction of sp³-hybridized carbons (Fsp3) is 0.533. The molecule has 1 fully saturated rings. The van der Waals surface area contributed by atoms with E-state index in [1.165, 1.54) is 5.56 Å². The van der Waals surface area contributed by atoms with Gasteiger partial charge in [0, 0.05) is 0 Å². The van der Waals surface area contributed by atoms with E-state index < -0.39 is 5.60 Å². The molecule has 3 heteroatoms. The van der Waals surface area contributed by atoms with Crippen molar-refractivity contribution in [2.75, 3.05) is 0 Å². The molecule has 1 N–H and O–H groups in total. The molecular formula is C15H19NO2. The van der Waals surface area contributed by atoms with Crippen LogP contribution >= 0.6 is 0 Å². The van der Waals surface area contributed by atoms with Gasteiger partial charge in [0.25, 0.3) is 0 Å². The first-order valence-corrected chi connectivity index (χ1v) is 6.36. The number of benzene rings is 1. The molecule has 3 nitrogen and oxygen atoms in total. The van der Waals surface area contributed by atoms with Gasteiger partial charge in [0.2, 0.25) is 6.08 Å². The molecule has 0 spiro atoms. The average Bonchev–Trinajstić information content (AvgIpc) is 3.08. The topological polar surface area (TPSA) is 49.7 Å². The van der Waals surface area contributed by atoms with Crippen molar-refractivity contribution in [1.29, 1.82) is 0 Å². The maximum absolute atomic E-state index is 10.4. The van der Waals surface area contributed by atoms with Crippen LogP contribution in [0.15, 0.2) is 29.3 Å². The van der Waals surface area contributed by atoms with E-state index in [4.69, 9.17) is 0 Å². The summed E-state index contributed by atoms with van der Waals surface area (Å²) in [7, 11) is 0. The Morgan fingerprint density at radius 3 is 2.39 bits per heavy atom. The van der Waals surface area contributed by atoms with Gasteiger partial charge < -0.3 is 5.11 Å². The zero-order valence-corrected chi connectivity index (χ0v) is 10.9. The SMILES string of the molecule is CC(C)(O)CCc1ccc(C2(N=C=O)CC2)cc1. The van der Waals surface area contributed by atoms with Crippen molar-refractivity contribution in [2.45, 2.75) is 50.7 Å². The van der Waals surface area contributed by atoms with Gasteiger partial charge in [-0.05, 0) is 50.7 Å². The largest absolute Gasteiger partial charge is 0.390 e. The van der Waals surface area contributed by atoms with Crippen molar-refractivity contribution in [2.24, 2.45) is 4.99 Å². The van der Waals surface area contributed by atoms with Crippen LogP contribution in [0, 0.1) is 0 Å². The van der Waals surface area contributed by atoms with E-state index in [0.29, 0.717) is 0 Å². The van der Waals surface area contributed by atoms with Gasteiger partial charge in [-0.3, -0.25) is 0 Å². The van der Waals surface area contributed by atoms with Gasteiger partial charge in [0.15, 0.2) is 0 Å². The number of nitrogens with zero attached hydrogens (tertiary/aromatic N) is 1. The molecule has 0 heterocycles. The van der Waals surface area contributed by atoms with Crippen molar-refractivity contribution in [1.82, 2.24) is 0 Å². The Hall–Kier alpha value is -1.44. The van der Waals surface area contributed by atoms with Crippen LogP contribution in [0.1, 0.15) is 44.2 Å². The number of isocyanates is 1. The summed E-state index contributed by atoms with van der Waals surface area (Å²) in [5.74, 6) is 0. The molecule has 0 bridgehead atoms. The third-order valence-corrected chi connectivity index (χ3v) is 3.50. The summed E-state index contributed by atoms with van der Waals surface area (Å²) in [5, 5.41) is 9.68. The highest BCUT2D eigenvalue weighted by Gasteiger charge is 2.44. The Bertz CT molecular complexity index is 460. The molecular weight excluding hydrogens is 226 g/mol. The molecule has 1 aliphatic carbocycles. The Morgan fingerprint density at radius 1 is 1.33 bits per heavy atom. The quantitative estimate of drug-likeness (QED) is 0.640. The Labute approximate surface area is 108 Å². The van der Waals surface area contributed by atoms with E-state index in [1.54, 1.807) is 6.08 Å². The molecule has 0 aromatic heterocycles. The average molecular weight is 245 g/mol. The lowest BCUT2D eigenvalue weighted by Gasteiger charge is -2.17. The second-order valence-electron chi connectivity index (χ2n) is 5.74. The number of carbonyl (C=O) groups excluding carboxylic acids is 1. The molecule has 0 atom stereocenters. The standard InChI is InChI=1S/C15H19NO2/c1-14(2,18)8-7-12-3-5-13(6-4-12)15(9-10-15)16-11-17/h3-6,18H,7-10H2,1-2H3. The summed E-state index contributed by atoms with van der Waals surface area (Å²) >= 11 is 0. The summed E-state index contributed by atoms with van der Waals surface area (Å²) in [6.45, 7) is 3.64. The van der Waals surface area contributed by atoms with Gasteiger partial charge in [-0.2, -0.15) is 4.99 Å². The lowest BCUT2D eigenvalue weighted by Crippen LogP contribution is -2.19. The number of hydrogen-bond acceptors (Lipinski definition) is 3. The summed E-state index contributed by atoms with van der Waals surface area (Å²) in [6.07, 6.45) is 5.14. The summed E-state index contributed by atoms with van der Waals surface area (Å²) < 4.78 is 0. The van der Waals surface area contributed by atoms with Crippen molar-refractivity contribution in [3.63, 3.8) is 0 Å². The molecule has 96 valence electrons.